The molecule has 98 valence electrons. The van der Waals surface area contributed by atoms with E-state index in [4.69, 9.17) is 15.6 Å². The van der Waals surface area contributed by atoms with Crippen LogP contribution in [0.2, 0.25) is 0 Å². The van der Waals surface area contributed by atoms with Crippen molar-refractivity contribution < 1.29 is 14.6 Å². The maximum absolute atomic E-state index is 10.8. The minimum Gasteiger partial charge on any atom is -0.478 e. The summed E-state index contributed by atoms with van der Waals surface area (Å²) in [7, 11) is 0. The first-order chi connectivity index (χ1) is 8.61. The average Bonchev–Trinajstić information content (AvgIpc) is 2.38. The third-order valence-electron chi connectivity index (χ3n) is 3.04. The lowest BCUT2D eigenvalue weighted by atomic mass is 10.2. The van der Waals surface area contributed by atoms with Crippen molar-refractivity contribution in [2.24, 2.45) is 0 Å². The molecule has 0 saturated carbocycles. The van der Waals surface area contributed by atoms with Crippen LogP contribution in [0.3, 0.4) is 0 Å². The molecule has 1 saturated heterocycles. The van der Waals surface area contributed by atoms with Crippen LogP contribution in [0.15, 0.2) is 12.3 Å². The van der Waals surface area contributed by atoms with Crippen LogP contribution < -0.4 is 10.6 Å². The van der Waals surface area contributed by atoms with E-state index in [2.05, 4.69) is 11.9 Å². The normalized spacial score (nSPS) is 19.8. The monoisotopic (exact) mass is 251 g/mol. The predicted octanol–water partition coefficient (Wildman–Crippen LogP) is 0.977. The number of nitrogens with two attached hydrogens (primary N) is 1. The van der Waals surface area contributed by atoms with E-state index < -0.39 is 5.97 Å². The van der Waals surface area contributed by atoms with Gasteiger partial charge in [0.05, 0.1) is 24.0 Å². The highest BCUT2D eigenvalue weighted by Crippen LogP contribution is 2.23. The molecule has 1 aliphatic rings. The third kappa shape index (κ3) is 2.53. The predicted molar refractivity (Wildman–Crippen MR) is 67.9 cm³/mol. The number of morpholine rings is 1. The molecule has 6 heteroatoms. The first-order valence-electron chi connectivity index (χ1n) is 5.97. The van der Waals surface area contributed by atoms with Crippen LogP contribution in [-0.2, 0) is 4.74 Å². The Balaban J connectivity index is 2.20. The summed E-state index contributed by atoms with van der Waals surface area (Å²) in [5.41, 5.74) is 6.37. The number of rotatable bonds is 3. The second-order valence-electron chi connectivity index (χ2n) is 4.29. The minimum absolute atomic E-state index is 0.108. The van der Waals surface area contributed by atoms with Gasteiger partial charge in [0.15, 0.2) is 5.82 Å². The van der Waals surface area contributed by atoms with Gasteiger partial charge in [-0.1, -0.05) is 6.92 Å². The van der Waals surface area contributed by atoms with Gasteiger partial charge >= 0.3 is 5.97 Å². The van der Waals surface area contributed by atoms with Crippen molar-refractivity contribution in [3.63, 3.8) is 0 Å². The maximum Gasteiger partial charge on any atom is 0.337 e. The van der Waals surface area contributed by atoms with Gasteiger partial charge < -0.3 is 20.5 Å². The molecule has 0 spiro atoms. The Morgan fingerprint density at radius 2 is 2.50 bits per heavy atom. The molecule has 1 aromatic rings. The molecule has 1 unspecified atom stereocenters. The smallest absolute Gasteiger partial charge is 0.337 e. The third-order valence-corrected chi connectivity index (χ3v) is 3.04. The van der Waals surface area contributed by atoms with E-state index in [1.807, 2.05) is 4.90 Å². The fourth-order valence-corrected chi connectivity index (χ4v) is 2.01. The molecule has 0 radical (unpaired) electrons. The number of carboxylic acid groups (broad SMARTS) is 1. The van der Waals surface area contributed by atoms with Crippen molar-refractivity contribution in [2.75, 3.05) is 30.3 Å². The van der Waals surface area contributed by atoms with Crippen molar-refractivity contribution in [2.45, 2.75) is 19.4 Å². The highest BCUT2D eigenvalue weighted by atomic mass is 16.5. The summed E-state index contributed by atoms with van der Waals surface area (Å²) in [4.78, 5) is 17.0. The topological polar surface area (TPSA) is 88.7 Å². The van der Waals surface area contributed by atoms with Crippen LogP contribution in [0.1, 0.15) is 23.7 Å². The zero-order valence-corrected chi connectivity index (χ0v) is 10.3. The molecule has 2 rings (SSSR count). The number of anilines is 2. The number of carbonyl (C=O) groups is 1. The highest BCUT2D eigenvalue weighted by Gasteiger charge is 2.22. The van der Waals surface area contributed by atoms with Crippen molar-refractivity contribution in [3.05, 3.63) is 17.8 Å². The van der Waals surface area contributed by atoms with Gasteiger partial charge in [0.25, 0.3) is 0 Å². The van der Waals surface area contributed by atoms with Crippen LogP contribution in [-0.4, -0.2) is 41.9 Å². The molecule has 0 bridgehead atoms. The summed E-state index contributed by atoms with van der Waals surface area (Å²) in [6, 6.07) is 1.45. The summed E-state index contributed by atoms with van der Waals surface area (Å²) in [6.07, 6.45) is 2.45. The molecule has 1 atom stereocenters. The molecule has 1 fully saturated rings. The van der Waals surface area contributed by atoms with Gasteiger partial charge in [-0.25, -0.2) is 9.78 Å². The second-order valence-corrected chi connectivity index (χ2v) is 4.29. The van der Waals surface area contributed by atoms with E-state index in [1.165, 1.54) is 12.3 Å². The number of aromatic nitrogens is 1. The number of pyridine rings is 1. The molecule has 0 amide bonds. The Labute approximate surface area is 105 Å². The number of nitrogens with zero attached hydrogens (tertiary/aromatic N) is 2. The summed E-state index contributed by atoms with van der Waals surface area (Å²) in [6.45, 7) is 4.17. The standard InChI is InChI=1S/C12H17N3O3/c1-2-9-7-15(3-4-18-9)11-10(13)5-8(6-14-11)12(16)17/h5-6,9H,2-4,7,13H2,1H3,(H,16,17). The van der Waals surface area contributed by atoms with Crippen LogP contribution in [0, 0.1) is 0 Å². The molecule has 1 aliphatic heterocycles. The van der Waals surface area contributed by atoms with Gasteiger partial charge in [-0.3, -0.25) is 0 Å². The molecule has 18 heavy (non-hydrogen) atoms. The molecular weight excluding hydrogens is 234 g/mol. The van der Waals surface area contributed by atoms with Gasteiger partial charge in [-0.05, 0) is 12.5 Å². The van der Waals surface area contributed by atoms with Gasteiger partial charge in [-0.15, -0.1) is 0 Å². The van der Waals surface area contributed by atoms with Crippen LogP contribution in [0.5, 0.6) is 0 Å². The summed E-state index contributed by atoms with van der Waals surface area (Å²) >= 11 is 0. The molecular formula is C12H17N3O3. The number of hydrogen-bond acceptors (Lipinski definition) is 5. The fraction of sp³-hybridized carbons (Fsp3) is 0.500. The van der Waals surface area contributed by atoms with E-state index in [-0.39, 0.29) is 11.7 Å². The van der Waals surface area contributed by atoms with Gasteiger partial charge in [0.1, 0.15) is 0 Å². The molecule has 1 aromatic heterocycles. The second kappa shape index (κ2) is 5.22. The van der Waals surface area contributed by atoms with Crippen molar-refractivity contribution in [3.8, 4) is 0 Å². The molecule has 0 aliphatic carbocycles. The number of ether oxygens (including phenoxy) is 1. The number of hydrogen-bond donors (Lipinski definition) is 2. The van der Waals surface area contributed by atoms with Crippen LogP contribution >= 0.6 is 0 Å². The minimum atomic E-state index is -1.02. The lowest BCUT2D eigenvalue weighted by Crippen LogP contribution is -2.42. The highest BCUT2D eigenvalue weighted by molar-refractivity contribution is 5.89. The first-order valence-corrected chi connectivity index (χ1v) is 5.97. The van der Waals surface area contributed by atoms with Gasteiger partial charge in [0, 0.05) is 19.3 Å². The number of aromatic carboxylic acids is 1. The van der Waals surface area contributed by atoms with E-state index in [0.29, 0.717) is 18.1 Å². The zero-order valence-electron chi connectivity index (χ0n) is 10.3. The van der Waals surface area contributed by atoms with Crippen molar-refractivity contribution in [1.29, 1.82) is 0 Å². The SMILES string of the molecule is CCC1CN(c2ncc(C(=O)O)cc2N)CCO1. The van der Waals surface area contributed by atoms with E-state index in [1.54, 1.807) is 0 Å². The largest absolute Gasteiger partial charge is 0.478 e. The summed E-state index contributed by atoms with van der Waals surface area (Å²) in [5, 5.41) is 8.86. The van der Waals surface area contributed by atoms with E-state index >= 15 is 0 Å². The summed E-state index contributed by atoms with van der Waals surface area (Å²) < 4.78 is 5.58. The average molecular weight is 251 g/mol. The van der Waals surface area contributed by atoms with E-state index in [0.717, 1.165) is 19.5 Å². The number of carboxylic acids is 1. The Morgan fingerprint density at radius 3 is 3.11 bits per heavy atom. The Kier molecular flexibility index (Phi) is 3.66. The molecule has 6 nitrogen and oxygen atoms in total. The Hall–Kier alpha value is -1.82. The first kappa shape index (κ1) is 12.6. The Bertz CT molecular complexity index is 450. The van der Waals surface area contributed by atoms with Crippen LogP contribution in [0.25, 0.3) is 0 Å². The van der Waals surface area contributed by atoms with Gasteiger partial charge in [0.2, 0.25) is 0 Å². The van der Waals surface area contributed by atoms with Gasteiger partial charge in [-0.2, -0.15) is 0 Å². The summed E-state index contributed by atoms with van der Waals surface area (Å²) in [5.74, 6) is -0.379. The fourth-order valence-electron chi connectivity index (χ4n) is 2.01. The Morgan fingerprint density at radius 1 is 1.72 bits per heavy atom. The quantitative estimate of drug-likeness (QED) is 0.832. The van der Waals surface area contributed by atoms with Crippen molar-refractivity contribution >= 4 is 17.5 Å². The lowest BCUT2D eigenvalue weighted by Gasteiger charge is -2.33. The lowest BCUT2D eigenvalue weighted by molar-refractivity contribution is 0.0382. The van der Waals surface area contributed by atoms with Crippen LogP contribution in [0.4, 0.5) is 11.5 Å². The zero-order chi connectivity index (χ0) is 13.1. The molecule has 0 aromatic carbocycles. The number of nitrogen functional groups attached to an aromatic ring is 1. The molecule has 2 heterocycles. The maximum atomic E-state index is 10.8. The molecule has 3 N–H and O–H groups in total. The van der Waals surface area contributed by atoms with Crippen molar-refractivity contribution in [1.82, 2.24) is 4.98 Å². The van der Waals surface area contributed by atoms with E-state index in [9.17, 15) is 4.79 Å².